The molecule has 0 radical (unpaired) electrons. The number of nitrogens with zero attached hydrogens (tertiary/aromatic N) is 4. The van der Waals surface area contributed by atoms with Gasteiger partial charge in [-0.1, -0.05) is 18.2 Å². The molecule has 32 heavy (non-hydrogen) atoms. The fraction of sp³-hybridized carbons (Fsp3) is 0.458. The van der Waals surface area contributed by atoms with E-state index in [0.29, 0.717) is 19.7 Å². The molecule has 1 atom stereocenters. The first-order valence-corrected chi connectivity index (χ1v) is 10.9. The molecule has 0 bridgehead atoms. The summed E-state index contributed by atoms with van der Waals surface area (Å²) in [7, 11) is 1.66. The minimum absolute atomic E-state index is 0.305. The van der Waals surface area contributed by atoms with Crippen molar-refractivity contribution in [3.63, 3.8) is 0 Å². The van der Waals surface area contributed by atoms with Crippen LogP contribution in [0.15, 0.2) is 48.8 Å². The second-order valence-corrected chi connectivity index (χ2v) is 9.23. The highest BCUT2D eigenvalue weighted by Gasteiger charge is 2.45. The Bertz CT molecular complexity index is 1090. The van der Waals surface area contributed by atoms with Crippen LogP contribution in [0.25, 0.3) is 16.9 Å². The van der Waals surface area contributed by atoms with Crippen molar-refractivity contribution in [3.8, 4) is 5.82 Å². The Hall–Kier alpha value is -3.13. The first-order chi connectivity index (χ1) is 15.3. The molecule has 1 saturated heterocycles. The van der Waals surface area contributed by atoms with Gasteiger partial charge in [-0.3, -0.25) is 9.47 Å². The van der Waals surface area contributed by atoms with Crippen molar-refractivity contribution in [2.45, 2.75) is 44.8 Å². The molecular formula is C24H31N5O3. The highest BCUT2D eigenvalue weighted by atomic mass is 16.6. The third-order valence-electron chi connectivity index (χ3n) is 5.66. The van der Waals surface area contributed by atoms with E-state index in [1.165, 1.54) is 0 Å². The van der Waals surface area contributed by atoms with Crippen LogP contribution < -0.4 is 5.32 Å². The minimum Gasteiger partial charge on any atom is -0.444 e. The maximum absolute atomic E-state index is 12.9. The van der Waals surface area contributed by atoms with Gasteiger partial charge in [-0.2, -0.15) is 0 Å². The number of benzene rings is 1. The van der Waals surface area contributed by atoms with Crippen LogP contribution in [0.1, 0.15) is 33.6 Å². The molecule has 1 aliphatic rings. The largest absolute Gasteiger partial charge is 0.444 e. The predicted molar refractivity (Wildman–Crippen MR) is 124 cm³/mol. The number of ether oxygens (including phenoxy) is 2. The monoisotopic (exact) mass is 437 g/mol. The Balaban J connectivity index is 1.54. The Kier molecular flexibility index (Phi) is 6.06. The van der Waals surface area contributed by atoms with E-state index >= 15 is 0 Å². The highest BCUT2D eigenvalue weighted by Crippen LogP contribution is 2.32. The average Bonchev–Trinajstić information content (AvgIpc) is 3.36. The summed E-state index contributed by atoms with van der Waals surface area (Å²) in [6.45, 7) is 7.23. The number of pyridine rings is 1. The standard InChI is InChI=1S/C24H31N5O3/c1-23(2,3)32-22(30)29-14-8-13-24(29,16-31-4)15-25-20-11-7-12-21(27-20)28-17-26-18-9-5-6-10-19(18)28/h5-7,9-12,17H,8,13-16H2,1-4H3,(H,25,27). The van der Waals surface area contributed by atoms with Crippen LogP contribution in [0, 0.1) is 0 Å². The molecule has 1 fully saturated rings. The molecule has 1 aromatic carbocycles. The van der Waals surface area contributed by atoms with Gasteiger partial charge in [-0.25, -0.2) is 14.8 Å². The fourth-order valence-corrected chi connectivity index (χ4v) is 4.25. The Morgan fingerprint density at radius 3 is 2.78 bits per heavy atom. The van der Waals surface area contributed by atoms with Crippen LogP contribution in [-0.2, 0) is 9.47 Å². The lowest BCUT2D eigenvalue weighted by molar-refractivity contribution is -0.00723. The van der Waals surface area contributed by atoms with Crippen molar-refractivity contribution in [2.24, 2.45) is 0 Å². The van der Waals surface area contributed by atoms with Gasteiger partial charge in [-0.15, -0.1) is 0 Å². The SMILES string of the molecule is COCC1(CNc2cccc(-n3cnc4ccccc43)n2)CCCN1C(=O)OC(C)(C)C. The normalized spacial score (nSPS) is 18.8. The first-order valence-electron chi connectivity index (χ1n) is 10.9. The number of imidazole rings is 1. The molecule has 0 spiro atoms. The number of hydrogen-bond donors (Lipinski definition) is 1. The summed E-state index contributed by atoms with van der Waals surface area (Å²) in [6.07, 6.45) is 3.21. The quantitative estimate of drug-likeness (QED) is 0.621. The van der Waals surface area contributed by atoms with E-state index in [4.69, 9.17) is 14.5 Å². The van der Waals surface area contributed by atoms with Gasteiger partial charge in [0.25, 0.3) is 0 Å². The summed E-state index contributed by atoms with van der Waals surface area (Å²) in [5.74, 6) is 1.51. The molecule has 8 nitrogen and oxygen atoms in total. The van der Waals surface area contributed by atoms with Crippen molar-refractivity contribution < 1.29 is 14.3 Å². The van der Waals surface area contributed by atoms with E-state index in [1.54, 1.807) is 13.4 Å². The predicted octanol–water partition coefficient (Wildman–Crippen LogP) is 4.25. The van der Waals surface area contributed by atoms with Crippen molar-refractivity contribution in [2.75, 3.05) is 32.1 Å². The molecule has 1 aliphatic heterocycles. The van der Waals surface area contributed by atoms with Crippen molar-refractivity contribution in [3.05, 3.63) is 48.8 Å². The van der Waals surface area contributed by atoms with Gasteiger partial charge in [0, 0.05) is 20.2 Å². The van der Waals surface area contributed by atoms with Crippen LogP contribution in [0.2, 0.25) is 0 Å². The summed E-state index contributed by atoms with van der Waals surface area (Å²) >= 11 is 0. The van der Waals surface area contributed by atoms with Gasteiger partial charge in [0.2, 0.25) is 0 Å². The van der Waals surface area contributed by atoms with Crippen LogP contribution >= 0.6 is 0 Å². The molecule has 1 unspecified atom stereocenters. The second kappa shape index (κ2) is 8.78. The molecule has 4 rings (SSSR count). The molecule has 0 aliphatic carbocycles. The van der Waals surface area contributed by atoms with Crippen LogP contribution in [0.3, 0.4) is 0 Å². The van der Waals surface area contributed by atoms with Crippen molar-refractivity contribution in [1.82, 2.24) is 19.4 Å². The number of carbonyl (C=O) groups excluding carboxylic acids is 1. The third-order valence-corrected chi connectivity index (χ3v) is 5.66. The van der Waals surface area contributed by atoms with Gasteiger partial charge in [0.1, 0.15) is 23.6 Å². The summed E-state index contributed by atoms with van der Waals surface area (Å²) in [5, 5.41) is 3.44. The number of anilines is 1. The van der Waals surface area contributed by atoms with E-state index in [-0.39, 0.29) is 6.09 Å². The second-order valence-electron chi connectivity index (χ2n) is 9.23. The van der Waals surface area contributed by atoms with Gasteiger partial charge >= 0.3 is 6.09 Å². The molecule has 170 valence electrons. The summed E-state index contributed by atoms with van der Waals surface area (Å²) < 4.78 is 13.2. The van der Waals surface area contributed by atoms with Gasteiger partial charge in [0.05, 0.1) is 23.2 Å². The molecule has 8 heteroatoms. The van der Waals surface area contributed by atoms with Crippen LogP contribution in [0.4, 0.5) is 10.6 Å². The molecule has 3 heterocycles. The van der Waals surface area contributed by atoms with Gasteiger partial charge in [-0.05, 0) is 57.9 Å². The number of aromatic nitrogens is 3. The van der Waals surface area contributed by atoms with Crippen LogP contribution in [0.5, 0.6) is 0 Å². The summed E-state index contributed by atoms with van der Waals surface area (Å²) in [5.41, 5.74) is 0.886. The van der Waals surface area contributed by atoms with Gasteiger partial charge in [0.15, 0.2) is 0 Å². The number of fused-ring (bicyclic) bond motifs is 1. The fourth-order valence-electron chi connectivity index (χ4n) is 4.25. The number of rotatable bonds is 6. The lowest BCUT2D eigenvalue weighted by Crippen LogP contribution is -2.55. The molecule has 2 aromatic heterocycles. The Labute approximate surface area is 188 Å². The number of hydrogen-bond acceptors (Lipinski definition) is 6. The molecule has 3 aromatic rings. The maximum atomic E-state index is 12.9. The van der Waals surface area contributed by atoms with E-state index in [9.17, 15) is 4.79 Å². The number of para-hydroxylation sites is 2. The van der Waals surface area contributed by atoms with E-state index < -0.39 is 11.1 Å². The Morgan fingerprint density at radius 2 is 2.00 bits per heavy atom. The lowest BCUT2D eigenvalue weighted by atomic mass is 9.97. The van der Waals surface area contributed by atoms with E-state index in [1.807, 2.05) is 72.7 Å². The Morgan fingerprint density at radius 1 is 1.19 bits per heavy atom. The number of likely N-dealkylation sites (tertiary alicyclic amines) is 1. The van der Waals surface area contributed by atoms with E-state index in [2.05, 4.69) is 10.3 Å². The van der Waals surface area contributed by atoms with Crippen molar-refractivity contribution in [1.29, 1.82) is 0 Å². The van der Waals surface area contributed by atoms with Crippen LogP contribution in [-0.4, -0.2) is 63.5 Å². The summed E-state index contributed by atoms with van der Waals surface area (Å²) in [6, 6.07) is 13.8. The summed E-state index contributed by atoms with van der Waals surface area (Å²) in [4.78, 5) is 23.9. The zero-order valence-electron chi connectivity index (χ0n) is 19.2. The lowest BCUT2D eigenvalue weighted by Gasteiger charge is -2.39. The zero-order valence-corrected chi connectivity index (χ0v) is 19.2. The molecule has 1 N–H and O–H groups in total. The van der Waals surface area contributed by atoms with Crippen molar-refractivity contribution >= 4 is 22.9 Å². The highest BCUT2D eigenvalue weighted by molar-refractivity contribution is 5.76. The maximum Gasteiger partial charge on any atom is 0.410 e. The number of methoxy groups -OCH3 is 1. The van der Waals surface area contributed by atoms with E-state index in [0.717, 1.165) is 35.5 Å². The zero-order chi connectivity index (χ0) is 22.8. The smallest absolute Gasteiger partial charge is 0.410 e. The molecule has 0 saturated carbocycles. The number of nitrogens with one attached hydrogen (secondary N) is 1. The molecule has 1 amide bonds. The first kappa shape index (κ1) is 22.1. The van der Waals surface area contributed by atoms with Gasteiger partial charge < -0.3 is 14.8 Å². The number of amides is 1. The minimum atomic E-state index is -0.546. The average molecular weight is 438 g/mol. The number of carbonyl (C=O) groups is 1. The third kappa shape index (κ3) is 4.55. The molecular weight excluding hydrogens is 406 g/mol. The topological polar surface area (TPSA) is 81.5 Å².